The summed E-state index contributed by atoms with van der Waals surface area (Å²) in [5, 5.41) is 3.78. The van der Waals surface area contributed by atoms with Gasteiger partial charge in [0.25, 0.3) is 5.91 Å². The summed E-state index contributed by atoms with van der Waals surface area (Å²) >= 11 is 1.32. The van der Waals surface area contributed by atoms with E-state index in [1.54, 1.807) is 18.5 Å². The Morgan fingerprint density at radius 1 is 1.28 bits per heavy atom. The molecule has 8 heteroatoms. The van der Waals surface area contributed by atoms with Crippen molar-refractivity contribution >= 4 is 22.4 Å². The van der Waals surface area contributed by atoms with Gasteiger partial charge in [-0.05, 0) is 63.6 Å². The molecule has 2 atom stereocenters. The highest BCUT2D eigenvalue weighted by Gasteiger charge is 2.30. The van der Waals surface area contributed by atoms with E-state index in [1.807, 2.05) is 11.8 Å². The van der Waals surface area contributed by atoms with Crippen molar-refractivity contribution in [2.45, 2.75) is 64.5 Å². The number of rotatable bonds is 7. The van der Waals surface area contributed by atoms with Crippen LogP contribution in [0.4, 0.5) is 9.52 Å². The van der Waals surface area contributed by atoms with Crippen LogP contribution < -0.4 is 5.32 Å². The zero-order chi connectivity index (χ0) is 22.5. The van der Waals surface area contributed by atoms with Crippen LogP contribution in [0, 0.1) is 11.7 Å². The average molecular weight is 460 g/mol. The van der Waals surface area contributed by atoms with E-state index in [2.05, 4.69) is 27.1 Å². The van der Waals surface area contributed by atoms with E-state index in [9.17, 15) is 9.18 Å². The third-order valence-electron chi connectivity index (χ3n) is 6.77. The summed E-state index contributed by atoms with van der Waals surface area (Å²) in [6.07, 6.45) is 10.6. The smallest absolute Gasteiger partial charge is 0.265 e. The average Bonchev–Trinajstić information content (AvgIpc) is 3.28. The number of nitrogens with one attached hydrogen (secondary N) is 1. The highest BCUT2D eigenvalue weighted by Crippen LogP contribution is 2.28. The molecule has 1 amide bonds. The van der Waals surface area contributed by atoms with Gasteiger partial charge in [-0.3, -0.25) is 14.7 Å². The number of carbonyl (C=O) groups excluding carboxylic acids is 1. The number of carbonyl (C=O) groups is 1. The maximum Gasteiger partial charge on any atom is 0.265 e. The molecule has 1 N–H and O–H groups in total. The Bertz CT molecular complexity index is 896. The zero-order valence-corrected chi connectivity index (χ0v) is 19.9. The molecule has 2 aromatic rings. The van der Waals surface area contributed by atoms with Crippen molar-refractivity contribution in [3.8, 4) is 0 Å². The van der Waals surface area contributed by atoms with E-state index in [-0.39, 0.29) is 17.8 Å². The van der Waals surface area contributed by atoms with Gasteiger partial charge in [0.15, 0.2) is 5.13 Å². The third-order valence-corrected chi connectivity index (χ3v) is 7.69. The molecule has 0 saturated carbocycles. The lowest BCUT2D eigenvalue weighted by molar-refractivity contribution is 0.0524. The molecule has 2 aliphatic heterocycles. The van der Waals surface area contributed by atoms with E-state index in [1.165, 1.54) is 56.2 Å². The second kappa shape index (κ2) is 10.7. The summed E-state index contributed by atoms with van der Waals surface area (Å²) in [4.78, 5) is 26.7. The minimum atomic E-state index is -0.349. The van der Waals surface area contributed by atoms with Crippen molar-refractivity contribution in [3.63, 3.8) is 0 Å². The first kappa shape index (κ1) is 23.1. The number of halogens is 1. The summed E-state index contributed by atoms with van der Waals surface area (Å²) in [6, 6.07) is 3.24. The number of anilines is 1. The summed E-state index contributed by atoms with van der Waals surface area (Å²) in [5.74, 6) is 0.546. The fraction of sp³-hybridized carbons (Fsp3) is 0.625. The number of nitrogens with zero attached hydrogens (tertiary/aromatic N) is 4. The van der Waals surface area contributed by atoms with Crippen LogP contribution in [0.25, 0.3) is 0 Å². The maximum absolute atomic E-state index is 14.0. The number of hydrogen-bond acceptors (Lipinski definition) is 6. The molecule has 32 heavy (non-hydrogen) atoms. The molecule has 0 aliphatic carbocycles. The molecular formula is C24H34FN5OS. The van der Waals surface area contributed by atoms with Crippen molar-refractivity contribution in [2.24, 2.45) is 5.92 Å². The van der Waals surface area contributed by atoms with Gasteiger partial charge in [-0.2, -0.15) is 0 Å². The van der Waals surface area contributed by atoms with Crippen LogP contribution in [0.2, 0.25) is 0 Å². The van der Waals surface area contributed by atoms with Crippen LogP contribution in [0.15, 0.2) is 24.5 Å². The lowest BCUT2D eigenvalue weighted by Gasteiger charge is -2.42. The van der Waals surface area contributed by atoms with Crippen LogP contribution in [-0.4, -0.2) is 57.9 Å². The van der Waals surface area contributed by atoms with Gasteiger partial charge >= 0.3 is 0 Å². The Morgan fingerprint density at radius 3 is 2.84 bits per heavy atom. The van der Waals surface area contributed by atoms with Crippen molar-refractivity contribution in [3.05, 3.63) is 40.9 Å². The molecule has 2 saturated heterocycles. The lowest BCUT2D eigenvalue weighted by Crippen LogP contribution is -2.49. The first-order valence-electron chi connectivity index (χ1n) is 11.9. The molecule has 2 aliphatic rings. The van der Waals surface area contributed by atoms with Crippen molar-refractivity contribution in [1.82, 2.24) is 19.8 Å². The SMILES string of the molecule is CCCC1CCCN(C2CCN(C(=O)c3cnc(N[C@@H](C)c4ncccc4F)s3)CC2)C1. The first-order valence-corrected chi connectivity index (χ1v) is 12.7. The molecule has 2 aromatic heterocycles. The Morgan fingerprint density at radius 2 is 2.09 bits per heavy atom. The predicted octanol–water partition coefficient (Wildman–Crippen LogP) is 4.97. The minimum absolute atomic E-state index is 0.0492. The van der Waals surface area contributed by atoms with E-state index in [0.29, 0.717) is 21.7 Å². The fourth-order valence-corrected chi connectivity index (χ4v) is 5.94. The van der Waals surface area contributed by atoms with Gasteiger partial charge in [0.05, 0.1) is 17.9 Å². The summed E-state index contributed by atoms with van der Waals surface area (Å²) in [5.41, 5.74) is 0.344. The van der Waals surface area contributed by atoms with E-state index < -0.39 is 0 Å². The van der Waals surface area contributed by atoms with E-state index in [0.717, 1.165) is 31.8 Å². The third kappa shape index (κ3) is 5.46. The Kier molecular flexibility index (Phi) is 7.73. The number of aromatic nitrogens is 2. The molecule has 6 nitrogen and oxygen atoms in total. The molecular weight excluding hydrogens is 425 g/mol. The molecule has 0 spiro atoms. The number of amides is 1. The van der Waals surface area contributed by atoms with Crippen LogP contribution >= 0.6 is 11.3 Å². The van der Waals surface area contributed by atoms with Gasteiger partial charge in [-0.15, -0.1) is 0 Å². The van der Waals surface area contributed by atoms with Crippen LogP contribution in [0.5, 0.6) is 0 Å². The summed E-state index contributed by atoms with van der Waals surface area (Å²) in [6.45, 7) is 8.15. The lowest BCUT2D eigenvalue weighted by atomic mass is 9.91. The Balaban J connectivity index is 1.29. The standard InChI is InChI=1S/C24H34FN5OS/c1-3-6-18-7-5-12-30(16-18)19-9-13-29(14-10-19)23(31)21-15-27-24(32-21)28-17(2)22-20(25)8-4-11-26-22/h4,8,11,15,17-19H,3,5-7,9-10,12-14,16H2,1-2H3,(H,27,28)/t17-,18?/m0/s1. The van der Waals surface area contributed by atoms with Gasteiger partial charge in [0.1, 0.15) is 10.7 Å². The quantitative estimate of drug-likeness (QED) is 0.634. The normalized spacial score (nSPS) is 21.5. The minimum Gasteiger partial charge on any atom is -0.353 e. The number of likely N-dealkylation sites (tertiary alicyclic amines) is 2. The van der Waals surface area contributed by atoms with Crippen LogP contribution in [0.3, 0.4) is 0 Å². The Hall–Kier alpha value is -2.06. The molecule has 1 unspecified atom stereocenters. The molecule has 174 valence electrons. The molecule has 0 bridgehead atoms. The highest BCUT2D eigenvalue weighted by molar-refractivity contribution is 7.17. The number of pyridine rings is 1. The molecule has 4 heterocycles. The highest BCUT2D eigenvalue weighted by atomic mass is 32.1. The Labute approximate surface area is 194 Å². The fourth-order valence-electron chi connectivity index (χ4n) is 5.07. The van der Waals surface area contributed by atoms with Gasteiger partial charge in [0.2, 0.25) is 0 Å². The molecule has 0 radical (unpaired) electrons. The van der Waals surface area contributed by atoms with E-state index in [4.69, 9.17) is 0 Å². The van der Waals surface area contributed by atoms with Gasteiger partial charge in [-0.1, -0.05) is 24.7 Å². The second-order valence-corrected chi connectivity index (χ2v) is 10.1. The number of thiazole rings is 1. The summed E-state index contributed by atoms with van der Waals surface area (Å²) < 4.78 is 14.0. The van der Waals surface area contributed by atoms with Crippen molar-refractivity contribution < 1.29 is 9.18 Å². The molecule has 0 aromatic carbocycles. The topological polar surface area (TPSA) is 61.4 Å². The molecule has 2 fully saturated rings. The first-order chi connectivity index (χ1) is 15.5. The number of hydrogen-bond donors (Lipinski definition) is 1. The largest absolute Gasteiger partial charge is 0.353 e. The van der Waals surface area contributed by atoms with Crippen molar-refractivity contribution in [2.75, 3.05) is 31.5 Å². The van der Waals surface area contributed by atoms with Gasteiger partial charge in [0, 0.05) is 31.9 Å². The van der Waals surface area contributed by atoms with Gasteiger partial charge in [-0.25, -0.2) is 9.37 Å². The van der Waals surface area contributed by atoms with Crippen LogP contribution in [0.1, 0.15) is 73.8 Å². The van der Waals surface area contributed by atoms with Crippen LogP contribution in [-0.2, 0) is 0 Å². The predicted molar refractivity (Wildman–Crippen MR) is 126 cm³/mol. The molecule has 4 rings (SSSR count). The number of piperidine rings is 2. The van der Waals surface area contributed by atoms with Gasteiger partial charge < -0.3 is 10.2 Å². The zero-order valence-electron chi connectivity index (χ0n) is 19.1. The summed E-state index contributed by atoms with van der Waals surface area (Å²) in [7, 11) is 0. The van der Waals surface area contributed by atoms with E-state index >= 15 is 0 Å². The second-order valence-electron chi connectivity index (χ2n) is 9.08. The maximum atomic E-state index is 14.0. The van der Waals surface area contributed by atoms with Crippen molar-refractivity contribution in [1.29, 1.82) is 0 Å². The monoisotopic (exact) mass is 459 g/mol.